The van der Waals surface area contributed by atoms with E-state index in [0.717, 1.165) is 0 Å². The average Bonchev–Trinajstić information content (AvgIpc) is 3.38. The molecule has 0 radical (unpaired) electrons. The quantitative estimate of drug-likeness (QED) is 0.557. The zero-order chi connectivity index (χ0) is 24.2. The molecule has 0 aliphatic carbocycles. The number of rotatable bonds is 6. The third-order valence-corrected chi connectivity index (χ3v) is 5.67. The minimum Gasteiger partial charge on any atom is -0.441 e. The number of Topliss-reactive ketones (excluding diaryl/α,β-unsaturated/α-hetero) is 2. The highest BCUT2D eigenvalue weighted by atomic mass is 16.6. The Morgan fingerprint density at radius 2 is 1.29 bits per heavy atom. The average molecular weight is 467 g/mol. The van der Waals surface area contributed by atoms with Gasteiger partial charge in [0.05, 0.1) is 19.3 Å². The molecule has 0 aromatic heterocycles. The summed E-state index contributed by atoms with van der Waals surface area (Å²) in [5, 5.41) is 8.13. The van der Waals surface area contributed by atoms with Crippen molar-refractivity contribution in [2.75, 3.05) is 23.8 Å². The molecule has 10 nitrogen and oxygen atoms in total. The highest BCUT2D eigenvalue weighted by Crippen LogP contribution is 2.29. The first-order valence-corrected chi connectivity index (χ1v) is 10.8. The third-order valence-electron chi connectivity index (χ3n) is 5.67. The number of nitrogens with one attached hydrogen (secondary N) is 3. The second kappa shape index (κ2) is 10.0. The Labute approximate surface area is 195 Å². The molecule has 2 fully saturated rings. The lowest BCUT2D eigenvalue weighted by molar-refractivity contribution is 0.00873. The van der Waals surface area contributed by atoms with E-state index in [-0.39, 0.29) is 24.8 Å². The standard InChI is InChI=1S/C24H25N3O7/c1-13(28)15-3-7-17(8-4-15)25-23(30)27-19-11-32-22-20(12-33-21(19)22)34-24(31)26-18-9-5-16(6-10-18)14(2)29/h3-10,19-22H,11-12H2,1-2H3,(H,26,31)(H2,25,27,30). The number of anilines is 2. The zero-order valence-corrected chi connectivity index (χ0v) is 18.7. The van der Waals surface area contributed by atoms with Crippen molar-refractivity contribution in [2.45, 2.75) is 38.2 Å². The van der Waals surface area contributed by atoms with Crippen LogP contribution in [0.2, 0.25) is 0 Å². The Kier molecular flexibility index (Phi) is 6.90. The number of ether oxygens (including phenoxy) is 3. The van der Waals surface area contributed by atoms with Crippen LogP contribution in [0.25, 0.3) is 0 Å². The van der Waals surface area contributed by atoms with Gasteiger partial charge in [-0.05, 0) is 62.4 Å². The molecule has 2 aliphatic rings. The number of amides is 3. The second-order valence-corrected chi connectivity index (χ2v) is 8.14. The number of benzene rings is 2. The van der Waals surface area contributed by atoms with E-state index < -0.39 is 36.5 Å². The van der Waals surface area contributed by atoms with Crippen LogP contribution in [0.1, 0.15) is 34.6 Å². The summed E-state index contributed by atoms with van der Waals surface area (Å²) >= 11 is 0. The van der Waals surface area contributed by atoms with Gasteiger partial charge in [0.15, 0.2) is 17.7 Å². The first-order valence-electron chi connectivity index (χ1n) is 10.8. The van der Waals surface area contributed by atoms with Crippen LogP contribution in [0.5, 0.6) is 0 Å². The normalized spacial score (nSPS) is 23.0. The van der Waals surface area contributed by atoms with E-state index >= 15 is 0 Å². The summed E-state index contributed by atoms with van der Waals surface area (Å²) < 4.78 is 16.9. The predicted octanol–water partition coefficient (Wildman–Crippen LogP) is 3.00. The Hall–Kier alpha value is -3.76. The van der Waals surface area contributed by atoms with Crippen molar-refractivity contribution < 1.29 is 33.4 Å². The molecule has 4 rings (SSSR count). The van der Waals surface area contributed by atoms with Crippen molar-refractivity contribution >= 4 is 35.1 Å². The van der Waals surface area contributed by atoms with Gasteiger partial charge in [-0.1, -0.05) is 0 Å². The number of carbonyl (C=O) groups is 4. The second-order valence-electron chi connectivity index (χ2n) is 8.14. The summed E-state index contributed by atoms with van der Waals surface area (Å²) in [6.45, 7) is 3.28. The maximum atomic E-state index is 12.4. The maximum absolute atomic E-state index is 12.4. The van der Waals surface area contributed by atoms with Gasteiger partial charge in [-0.2, -0.15) is 0 Å². The van der Waals surface area contributed by atoms with Gasteiger partial charge < -0.3 is 24.8 Å². The lowest BCUT2D eigenvalue weighted by Gasteiger charge is -2.18. The van der Waals surface area contributed by atoms with Crippen molar-refractivity contribution in [1.82, 2.24) is 5.32 Å². The van der Waals surface area contributed by atoms with Crippen LogP contribution in [0, 0.1) is 0 Å². The van der Waals surface area contributed by atoms with Gasteiger partial charge in [0.2, 0.25) is 0 Å². The van der Waals surface area contributed by atoms with Crippen molar-refractivity contribution in [2.24, 2.45) is 0 Å². The first-order chi connectivity index (χ1) is 16.3. The predicted molar refractivity (Wildman–Crippen MR) is 122 cm³/mol. The van der Waals surface area contributed by atoms with Gasteiger partial charge in [-0.3, -0.25) is 14.9 Å². The smallest absolute Gasteiger partial charge is 0.412 e. The Bertz CT molecular complexity index is 997. The summed E-state index contributed by atoms with van der Waals surface area (Å²) in [4.78, 5) is 47.4. The van der Waals surface area contributed by atoms with Crippen LogP contribution < -0.4 is 16.0 Å². The Morgan fingerprint density at radius 3 is 1.85 bits per heavy atom. The molecule has 34 heavy (non-hydrogen) atoms. The molecule has 2 heterocycles. The van der Waals surface area contributed by atoms with Crippen molar-refractivity contribution in [3.8, 4) is 0 Å². The summed E-state index contributed by atoms with van der Waals surface area (Å²) in [5.41, 5.74) is 2.13. The summed E-state index contributed by atoms with van der Waals surface area (Å²) in [7, 11) is 0. The van der Waals surface area contributed by atoms with Gasteiger partial charge in [0, 0.05) is 22.5 Å². The zero-order valence-electron chi connectivity index (χ0n) is 18.7. The van der Waals surface area contributed by atoms with Crippen LogP contribution in [0.15, 0.2) is 48.5 Å². The molecular weight excluding hydrogens is 442 g/mol. The number of hydrogen-bond donors (Lipinski definition) is 3. The molecule has 178 valence electrons. The number of carbonyl (C=O) groups excluding carboxylic acids is 4. The molecule has 2 aromatic carbocycles. The highest BCUT2D eigenvalue weighted by Gasteiger charge is 2.50. The molecule has 10 heteroatoms. The van der Waals surface area contributed by atoms with Gasteiger partial charge in [-0.15, -0.1) is 0 Å². The largest absolute Gasteiger partial charge is 0.441 e. The van der Waals surface area contributed by atoms with Gasteiger partial charge in [0.25, 0.3) is 0 Å². The summed E-state index contributed by atoms with van der Waals surface area (Å²) in [5.74, 6) is -0.121. The molecule has 0 saturated carbocycles. The van der Waals surface area contributed by atoms with E-state index in [4.69, 9.17) is 14.2 Å². The fourth-order valence-electron chi connectivity index (χ4n) is 3.89. The highest BCUT2D eigenvalue weighted by molar-refractivity contribution is 5.96. The number of fused-ring (bicyclic) bond motifs is 1. The van der Waals surface area contributed by atoms with Crippen LogP contribution >= 0.6 is 0 Å². The van der Waals surface area contributed by atoms with Crippen LogP contribution in [-0.2, 0) is 14.2 Å². The topological polar surface area (TPSA) is 132 Å². The van der Waals surface area contributed by atoms with Crippen molar-refractivity contribution in [1.29, 1.82) is 0 Å². The molecule has 2 aromatic rings. The first kappa shape index (κ1) is 23.4. The number of urea groups is 1. The molecular formula is C24H25N3O7. The molecule has 4 unspecified atom stereocenters. The molecule has 2 aliphatic heterocycles. The van der Waals surface area contributed by atoms with Crippen molar-refractivity contribution in [3.05, 3.63) is 59.7 Å². The summed E-state index contributed by atoms with van der Waals surface area (Å²) in [6, 6.07) is 12.2. The van der Waals surface area contributed by atoms with E-state index in [9.17, 15) is 19.2 Å². The van der Waals surface area contributed by atoms with Crippen molar-refractivity contribution in [3.63, 3.8) is 0 Å². The molecule has 3 amide bonds. The van der Waals surface area contributed by atoms with Crippen LogP contribution in [-0.4, -0.2) is 61.3 Å². The fraction of sp³-hybridized carbons (Fsp3) is 0.333. The Morgan fingerprint density at radius 1 is 0.765 bits per heavy atom. The van der Waals surface area contributed by atoms with E-state index in [1.54, 1.807) is 48.5 Å². The lowest BCUT2D eigenvalue weighted by atomic mass is 10.1. The Balaban J connectivity index is 1.26. The van der Waals surface area contributed by atoms with Crippen LogP contribution in [0.3, 0.4) is 0 Å². The van der Waals surface area contributed by atoms with E-state index in [1.807, 2.05) is 0 Å². The van der Waals surface area contributed by atoms with Gasteiger partial charge >= 0.3 is 12.1 Å². The molecule has 2 saturated heterocycles. The van der Waals surface area contributed by atoms with Gasteiger partial charge in [0.1, 0.15) is 12.2 Å². The van der Waals surface area contributed by atoms with E-state index in [1.165, 1.54) is 13.8 Å². The van der Waals surface area contributed by atoms with Gasteiger partial charge in [-0.25, -0.2) is 9.59 Å². The van der Waals surface area contributed by atoms with E-state index in [0.29, 0.717) is 22.5 Å². The third kappa shape index (κ3) is 5.41. The molecule has 0 bridgehead atoms. The molecule has 3 N–H and O–H groups in total. The monoisotopic (exact) mass is 467 g/mol. The maximum Gasteiger partial charge on any atom is 0.412 e. The fourth-order valence-corrected chi connectivity index (χ4v) is 3.89. The number of hydrogen-bond acceptors (Lipinski definition) is 7. The van der Waals surface area contributed by atoms with Crippen LogP contribution in [0.4, 0.5) is 21.0 Å². The van der Waals surface area contributed by atoms with E-state index in [2.05, 4.69) is 16.0 Å². The minimum atomic E-state index is -0.670. The number of ketones is 2. The SMILES string of the molecule is CC(=O)c1ccc(NC(=O)NC2COC3C(OC(=O)Nc4ccc(C(C)=O)cc4)COC23)cc1. The summed E-state index contributed by atoms with van der Waals surface area (Å²) in [6.07, 6.45) is -2.27. The molecule has 0 spiro atoms. The molecule has 4 atom stereocenters. The minimum absolute atomic E-state index is 0.0557. The lowest BCUT2D eigenvalue weighted by Crippen LogP contribution is -2.46.